The van der Waals surface area contributed by atoms with E-state index in [4.69, 9.17) is 9.47 Å². The number of nitrogens with zero attached hydrogens (tertiary/aromatic N) is 2. The maximum atomic E-state index is 13.9. The molecule has 0 unspecified atom stereocenters. The lowest BCUT2D eigenvalue weighted by Crippen LogP contribution is -2.54. The maximum Gasteiger partial charge on any atom is 0.410 e. The van der Waals surface area contributed by atoms with Crippen molar-refractivity contribution in [1.29, 1.82) is 0 Å². The molecule has 11 heteroatoms. The van der Waals surface area contributed by atoms with Crippen molar-refractivity contribution in [2.75, 3.05) is 26.2 Å². The zero-order chi connectivity index (χ0) is 34.5. The van der Waals surface area contributed by atoms with Crippen LogP contribution in [0.1, 0.15) is 75.3 Å². The molecule has 0 radical (unpaired) electrons. The molecule has 1 saturated heterocycles. The van der Waals surface area contributed by atoms with Gasteiger partial charge in [0.05, 0.1) is 23.1 Å². The molecule has 256 valence electrons. The predicted octanol–water partition coefficient (Wildman–Crippen LogP) is 6.19. The van der Waals surface area contributed by atoms with E-state index < -0.39 is 15.6 Å². The molecule has 5 rings (SSSR count). The molecule has 10 nitrogen and oxygen atoms in total. The summed E-state index contributed by atoms with van der Waals surface area (Å²) in [4.78, 5) is 42.5. The molecule has 0 bridgehead atoms. The molecule has 3 aromatic carbocycles. The van der Waals surface area contributed by atoms with E-state index in [1.807, 2.05) is 56.0 Å². The van der Waals surface area contributed by atoms with Gasteiger partial charge in [-0.3, -0.25) is 4.79 Å². The Hall–Kier alpha value is -4.22. The molecule has 3 aromatic rings. The zero-order valence-corrected chi connectivity index (χ0v) is 28.9. The van der Waals surface area contributed by atoms with Gasteiger partial charge in [-0.05, 0) is 94.3 Å². The number of carbonyl (C=O) groups excluding carboxylic acids is 3. The highest BCUT2D eigenvalue weighted by Crippen LogP contribution is 2.33. The molecule has 2 fully saturated rings. The van der Waals surface area contributed by atoms with E-state index in [1.54, 1.807) is 60.4 Å². The SMILES string of the molecule is CCOC(=O)c1ccc(-c2ccc(S(=O)(=O)NC3CCC(C(=O)N4CCN(C(=O)OC(C)(C)C)C[C@@H]4c4ccccc4)CC3)cc2)cc1. The Morgan fingerprint density at radius 1 is 0.833 bits per heavy atom. The third-order valence-corrected chi connectivity index (χ3v) is 10.3. The lowest BCUT2D eigenvalue weighted by Gasteiger charge is -2.43. The van der Waals surface area contributed by atoms with Gasteiger partial charge in [0.2, 0.25) is 15.9 Å². The van der Waals surface area contributed by atoms with E-state index in [1.165, 1.54) is 0 Å². The van der Waals surface area contributed by atoms with Gasteiger partial charge in [0, 0.05) is 31.6 Å². The van der Waals surface area contributed by atoms with E-state index >= 15 is 0 Å². The van der Waals surface area contributed by atoms with Gasteiger partial charge in [-0.25, -0.2) is 22.7 Å². The van der Waals surface area contributed by atoms with E-state index in [2.05, 4.69) is 4.72 Å². The number of esters is 1. The van der Waals surface area contributed by atoms with Crippen molar-refractivity contribution < 1.29 is 32.3 Å². The minimum absolute atomic E-state index is 0.0416. The van der Waals surface area contributed by atoms with Crippen LogP contribution in [0.4, 0.5) is 4.79 Å². The van der Waals surface area contributed by atoms with Crippen LogP contribution < -0.4 is 4.72 Å². The first-order valence-corrected chi connectivity index (χ1v) is 18.1. The lowest BCUT2D eigenvalue weighted by molar-refractivity contribution is -0.142. The van der Waals surface area contributed by atoms with Crippen LogP contribution in [0.5, 0.6) is 0 Å². The van der Waals surface area contributed by atoms with Gasteiger partial charge < -0.3 is 19.3 Å². The Morgan fingerprint density at radius 2 is 1.44 bits per heavy atom. The summed E-state index contributed by atoms with van der Waals surface area (Å²) in [5.74, 6) is -0.566. The highest BCUT2D eigenvalue weighted by Gasteiger charge is 2.39. The van der Waals surface area contributed by atoms with Crippen LogP contribution in [0.2, 0.25) is 0 Å². The molecule has 1 heterocycles. The monoisotopic (exact) mass is 675 g/mol. The molecular formula is C37H45N3O7S. The summed E-state index contributed by atoms with van der Waals surface area (Å²) in [6.07, 6.45) is 1.85. The predicted molar refractivity (Wildman–Crippen MR) is 183 cm³/mol. The first-order chi connectivity index (χ1) is 22.8. The van der Waals surface area contributed by atoms with E-state index in [-0.39, 0.29) is 40.9 Å². The molecule has 48 heavy (non-hydrogen) atoms. The van der Waals surface area contributed by atoms with Crippen molar-refractivity contribution in [2.24, 2.45) is 5.92 Å². The number of carbonyl (C=O) groups is 3. The van der Waals surface area contributed by atoms with Gasteiger partial charge in [-0.1, -0.05) is 54.6 Å². The quantitative estimate of drug-likeness (QED) is 0.283. The Labute approximate surface area is 283 Å². The summed E-state index contributed by atoms with van der Waals surface area (Å²) >= 11 is 0. The minimum atomic E-state index is -3.77. The molecule has 1 aliphatic carbocycles. The molecule has 1 atom stereocenters. The molecule has 2 aliphatic rings. The zero-order valence-electron chi connectivity index (χ0n) is 28.1. The van der Waals surface area contributed by atoms with Crippen molar-refractivity contribution >= 4 is 28.0 Å². The van der Waals surface area contributed by atoms with Crippen molar-refractivity contribution in [3.05, 3.63) is 90.0 Å². The first-order valence-electron chi connectivity index (χ1n) is 16.6. The number of nitrogens with one attached hydrogen (secondary N) is 1. The van der Waals surface area contributed by atoms with Crippen LogP contribution >= 0.6 is 0 Å². The number of rotatable bonds is 8. The van der Waals surface area contributed by atoms with E-state index in [0.29, 0.717) is 57.5 Å². The highest BCUT2D eigenvalue weighted by atomic mass is 32.2. The molecule has 1 N–H and O–H groups in total. The van der Waals surface area contributed by atoms with E-state index in [9.17, 15) is 22.8 Å². The molecule has 1 aliphatic heterocycles. The molecule has 1 saturated carbocycles. The Balaban J connectivity index is 1.18. The van der Waals surface area contributed by atoms with Gasteiger partial charge in [0.15, 0.2) is 0 Å². The summed E-state index contributed by atoms with van der Waals surface area (Å²) in [5.41, 5.74) is 2.47. The van der Waals surface area contributed by atoms with Crippen LogP contribution in [0.15, 0.2) is 83.8 Å². The fourth-order valence-corrected chi connectivity index (χ4v) is 7.62. The average Bonchev–Trinajstić information content (AvgIpc) is 3.08. The van der Waals surface area contributed by atoms with Gasteiger partial charge >= 0.3 is 12.1 Å². The number of piperazine rings is 1. The van der Waals surface area contributed by atoms with Crippen molar-refractivity contribution in [3.8, 4) is 11.1 Å². The van der Waals surface area contributed by atoms with E-state index in [0.717, 1.165) is 16.7 Å². The fourth-order valence-electron chi connectivity index (χ4n) is 6.32. The third kappa shape index (κ3) is 8.62. The second kappa shape index (κ2) is 14.9. The molecule has 0 aromatic heterocycles. The van der Waals surface area contributed by atoms with Crippen LogP contribution in [-0.2, 0) is 24.3 Å². The smallest absolute Gasteiger partial charge is 0.410 e. The molecular weight excluding hydrogens is 630 g/mol. The normalized spacial score (nSPS) is 20.2. The van der Waals surface area contributed by atoms with Gasteiger partial charge in [0.25, 0.3) is 0 Å². The highest BCUT2D eigenvalue weighted by molar-refractivity contribution is 7.89. The summed E-state index contributed by atoms with van der Waals surface area (Å²) in [6, 6.07) is 22.8. The van der Waals surface area contributed by atoms with Gasteiger partial charge in [-0.2, -0.15) is 0 Å². The van der Waals surface area contributed by atoms with Crippen LogP contribution in [-0.4, -0.2) is 74.1 Å². The van der Waals surface area contributed by atoms with Gasteiger partial charge in [0.1, 0.15) is 5.60 Å². The topological polar surface area (TPSA) is 122 Å². The fraction of sp³-hybridized carbons (Fsp3) is 0.432. The largest absolute Gasteiger partial charge is 0.462 e. The Kier molecular flexibility index (Phi) is 10.9. The van der Waals surface area contributed by atoms with Crippen molar-refractivity contribution in [3.63, 3.8) is 0 Å². The minimum Gasteiger partial charge on any atom is -0.462 e. The summed E-state index contributed by atoms with van der Waals surface area (Å²) < 4.78 is 40.1. The number of sulfonamides is 1. The summed E-state index contributed by atoms with van der Waals surface area (Å²) in [7, 11) is -3.77. The second-order valence-corrected chi connectivity index (χ2v) is 15.1. The first kappa shape index (κ1) is 35.1. The van der Waals surface area contributed by atoms with Gasteiger partial charge in [-0.15, -0.1) is 0 Å². The number of amides is 2. The molecule has 2 amide bonds. The van der Waals surface area contributed by atoms with Crippen molar-refractivity contribution in [1.82, 2.24) is 14.5 Å². The maximum absolute atomic E-state index is 13.9. The number of benzene rings is 3. The number of ether oxygens (including phenoxy) is 2. The van der Waals surface area contributed by atoms with Crippen LogP contribution in [0.25, 0.3) is 11.1 Å². The van der Waals surface area contributed by atoms with Crippen LogP contribution in [0, 0.1) is 5.92 Å². The standard InChI is InChI=1S/C37H45N3O7S/c1-5-46-35(42)30-13-11-26(12-14-30)27-17-21-32(22-18-27)48(44,45)38-31-19-15-29(16-20-31)34(41)40-24-23-39(36(43)47-37(2,3)4)25-33(40)28-9-7-6-8-10-28/h6-14,17-18,21-22,29,31,33,38H,5,15-16,19-20,23-25H2,1-4H3/t29?,31?,33-/m1/s1. The molecule has 0 spiro atoms. The second-order valence-electron chi connectivity index (χ2n) is 13.4. The van der Waals surface area contributed by atoms with Crippen molar-refractivity contribution in [2.45, 2.75) is 76.0 Å². The van der Waals surface area contributed by atoms with Crippen LogP contribution in [0.3, 0.4) is 0 Å². The lowest BCUT2D eigenvalue weighted by atomic mass is 9.85. The summed E-state index contributed by atoms with van der Waals surface area (Å²) in [6.45, 7) is 8.69. The Morgan fingerprint density at radius 3 is 2.02 bits per heavy atom. The average molecular weight is 676 g/mol. The number of hydrogen-bond donors (Lipinski definition) is 1. The Bertz CT molecular complexity index is 1680. The third-order valence-electron chi connectivity index (χ3n) is 8.79. The summed E-state index contributed by atoms with van der Waals surface area (Å²) in [5, 5.41) is 0. The number of hydrogen-bond acceptors (Lipinski definition) is 7.